The minimum atomic E-state index is -4.30. The first-order chi connectivity index (χ1) is 10.5. The number of ether oxygens (including phenoxy) is 1. The van der Waals surface area contributed by atoms with Crippen LogP contribution in [-0.4, -0.2) is 29.6 Å². The zero-order valence-corrected chi connectivity index (χ0v) is 12.5. The van der Waals surface area contributed by atoms with E-state index in [1.54, 1.807) is 16.8 Å². The summed E-state index contributed by atoms with van der Waals surface area (Å²) in [5, 5.41) is 0. The second-order valence-electron chi connectivity index (χ2n) is 5.18. The van der Waals surface area contributed by atoms with Gasteiger partial charge in [-0.1, -0.05) is 12.1 Å². The third-order valence-corrected chi connectivity index (χ3v) is 4.39. The van der Waals surface area contributed by atoms with Crippen LogP contribution in [0.25, 0.3) is 0 Å². The molecule has 1 fully saturated rings. The number of halogens is 3. The summed E-state index contributed by atoms with van der Waals surface area (Å²) in [4.78, 5) is 7.46. The van der Waals surface area contributed by atoms with Crippen molar-refractivity contribution in [1.29, 1.82) is 0 Å². The summed E-state index contributed by atoms with van der Waals surface area (Å²) in [7, 11) is 0. The second kappa shape index (κ2) is 6.36. The number of thiazole rings is 1. The first-order valence-electron chi connectivity index (χ1n) is 6.91. The van der Waals surface area contributed by atoms with Crippen molar-refractivity contribution < 1.29 is 17.9 Å². The zero-order valence-electron chi connectivity index (χ0n) is 11.7. The van der Waals surface area contributed by atoms with Crippen molar-refractivity contribution in [2.45, 2.75) is 18.8 Å². The monoisotopic (exact) mass is 328 g/mol. The molecule has 22 heavy (non-hydrogen) atoms. The highest BCUT2D eigenvalue weighted by Crippen LogP contribution is 2.31. The normalized spacial score (nSPS) is 20.2. The average Bonchev–Trinajstić information content (AvgIpc) is 3.00. The van der Waals surface area contributed by atoms with E-state index in [2.05, 4.69) is 9.88 Å². The number of alkyl halides is 3. The van der Waals surface area contributed by atoms with Crippen LogP contribution in [0.4, 0.5) is 13.2 Å². The quantitative estimate of drug-likeness (QED) is 0.858. The van der Waals surface area contributed by atoms with Crippen LogP contribution in [0.15, 0.2) is 36.0 Å². The molecular weight excluding hydrogens is 313 g/mol. The molecule has 2 aromatic rings. The van der Waals surface area contributed by atoms with Gasteiger partial charge in [-0.15, -0.1) is 11.3 Å². The number of nitrogens with zero attached hydrogens (tertiary/aromatic N) is 2. The van der Waals surface area contributed by atoms with Crippen molar-refractivity contribution in [2.75, 3.05) is 19.7 Å². The molecular formula is C15H15F3N2OS. The van der Waals surface area contributed by atoms with Gasteiger partial charge < -0.3 is 4.74 Å². The molecule has 0 saturated carbocycles. The molecule has 1 atom stereocenters. The predicted molar refractivity (Wildman–Crippen MR) is 77.5 cm³/mol. The molecule has 0 aliphatic carbocycles. The highest BCUT2D eigenvalue weighted by molar-refractivity contribution is 7.09. The summed E-state index contributed by atoms with van der Waals surface area (Å²) < 4.78 is 43.5. The fraction of sp³-hybridized carbons (Fsp3) is 0.400. The van der Waals surface area contributed by atoms with E-state index in [4.69, 9.17) is 4.74 Å². The molecule has 0 amide bonds. The summed E-state index contributed by atoms with van der Waals surface area (Å²) in [5.74, 6) is 0. The van der Waals surface area contributed by atoms with Gasteiger partial charge >= 0.3 is 6.18 Å². The maximum Gasteiger partial charge on any atom is 0.416 e. The van der Waals surface area contributed by atoms with Crippen LogP contribution >= 0.6 is 11.3 Å². The molecule has 1 aromatic carbocycles. The van der Waals surface area contributed by atoms with Crippen LogP contribution in [-0.2, 0) is 17.5 Å². The van der Waals surface area contributed by atoms with Crippen molar-refractivity contribution in [1.82, 2.24) is 9.88 Å². The minimum Gasteiger partial charge on any atom is -0.371 e. The highest BCUT2D eigenvalue weighted by Gasteiger charge is 2.30. The summed E-state index contributed by atoms with van der Waals surface area (Å²) >= 11 is 1.60. The van der Waals surface area contributed by atoms with E-state index in [1.165, 1.54) is 17.0 Å². The molecule has 3 rings (SSSR count). The van der Waals surface area contributed by atoms with E-state index in [1.807, 2.05) is 6.20 Å². The summed E-state index contributed by atoms with van der Waals surface area (Å²) in [6.07, 6.45) is -2.65. The largest absolute Gasteiger partial charge is 0.416 e. The average molecular weight is 328 g/mol. The fourth-order valence-electron chi connectivity index (χ4n) is 2.48. The number of rotatable bonds is 3. The minimum absolute atomic E-state index is 0.191. The van der Waals surface area contributed by atoms with Gasteiger partial charge in [0.15, 0.2) is 0 Å². The Bertz CT molecular complexity index is 598. The standard InChI is InChI=1S/C15H15F3N2OS/c16-15(17,18)12-3-1-11(2-4-12)14-9-20(5-6-21-14)8-13-7-19-10-22-13/h1-4,7,10,14H,5-6,8-9H2. The molecule has 1 saturated heterocycles. The molecule has 0 spiro atoms. The Labute approximate surface area is 130 Å². The molecule has 2 heterocycles. The molecule has 7 heteroatoms. The van der Waals surface area contributed by atoms with Gasteiger partial charge in [0.2, 0.25) is 0 Å². The predicted octanol–water partition coefficient (Wildman–Crippen LogP) is 3.74. The Morgan fingerprint density at radius 3 is 2.68 bits per heavy atom. The third-order valence-electron chi connectivity index (χ3n) is 3.62. The van der Waals surface area contributed by atoms with Crippen molar-refractivity contribution in [3.63, 3.8) is 0 Å². The van der Waals surface area contributed by atoms with E-state index in [0.29, 0.717) is 13.2 Å². The van der Waals surface area contributed by atoms with Gasteiger partial charge in [0.05, 0.1) is 23.8 Å². The van der Waals surface area contributed by atoms with E-state index in [-0.39, 0.29) is 6.10 Å². The summed E-state index contributed by atoms with van der Waals surface area (Å²) in [6, 6.07) is 5.23. The number of morpholine rings is 1. The van der Waals surface area contributed by atoms with Crippen LogP contribution in [0, 0.1) is 0 Å². The molecule has 0 bridgehead atoms. The van der Waals surface area contributed by atoms with E-state index in [0.717, 1.165) is 30.8 Å². The highest BCUT2D eigenvalue weighted by atomic mass is 32.1. The van der Waals surface area contributed by atoms with Crippen LogP contribution < -0.4 is 0 Å². The zero-order chi connectivity index (χ0) is 15.6. The molecule has 0 N–H and O–H groups in total. The van der Waals surface area contributed by atoms with Gasteiger partial charge in [0.25, 0.3) is 0 Å². The molecule has 1 aliphatic heterocycles. The summed E-state index contributed by atoms with van der Waals surface area (Å²) in [6.45, 7) is 2.86. The Kier molecular flexibility index (Phi) is 4.46. The van der Waals surface area contributed by atoms with Crippen LogP contribution in [0.5, 0.6) is 0 Å². The maximum atomic E-state index is 12.6. The second-order valence-corrected chi connectivity index (χ2v) is 6.15. The molecule has 0 radical (unpaired) electrons. The van der Waals surface area contributed by atoms with Crippen LogP contribution in [0.3, 0.4) is 0 Å². The lowest BCUT2D eigenvalue weighted by Gasteiger charge is -2.32. The SMILES string of the molecule is FC(F)(F)c1ccc(C2CN(Cc3cncs3)CCO2)cc1. The lowest BCUT2D eigenvalue weighted by molar-refractivity contribution is -0.137. The number of hydrogen-bond donors (Lipinski definition) is 0. The van der Waals surface area contributed by atoms with Gasteiger partial charge in [-0.2, -0.15) is 13.2 Å². The van der Waals surface area contributed by atoms with Gasteiger partial charge in [0.1, 0.15) is 0 Å². The molecule has 1 aromatic heterocycles. The summed E-state index contributed by atoms with van der Waals surface area (Å²) in [5.41, 5.74) is 1.94. The van der Waals surface area contributed by atoms with Crippen molar-refractivity contribution in [3.05, 3.63) is 52.0 Å². The van der Waals surface area contributed by atoms with Crippen LogP contribution in [0.1, 0.15) is 22.1 Å². The van der Waals surface area contributed by atoms with Crippen molar-refractivity contribution in [3.8, 4) is 0 Å². The van der Waals surface area contributed by atoms with Gasteiger partial charge in [-0.25, -0.2) is 0 Å². The van der Waals surface area contributed by atoms with Crippen molar-refractivity contribution >= 4 is 11.3 Å². The molecule has 1 aliphatic rings. The smallest absolute Gasteiger partial charge is 0.371 e. The molecule has 118 valence electrons. The Morgan fingerprint density at radius 2 is 2.05 bits per heavy atom. The van der Waals surface area contributed by atoms with E-state index < -0.39 is 11.7 Å². The Hall–Kier alpha value is -1.44. The third kappa shape index (κ3) is 3.66. The number of aromatic nitrogens is 1. The lowest BCUT2D eigenvalue weighted by atomic mass is 10.1. The van der Waals surface area contributed by atoms with Gasteiger partial charge in [-0.05, 0) is 17.7 Å². The fourth-order valence-corrected chi connectivity index (χ4v) is 3.11. The van der Waals surface area contributed by atoms with E-state index >= 15 is 0 Å². The Balaban J connectivity index is 1.66. The number of hydrogen-bond acceptors (Lipinski definition) is 4. The number of benzene rings is 1. The molecule has 1 unspecified atom stereocenters. The first kappa shape index (κ1) is 15.5. The lowest BCUT2D eigenvalue weighted by Crippen LogP contribution is -2.37. The Morgan fingerprint density at radius 1 is 1.27 bits per heavy atom. The van der Waals surface area contributed by atoms with Gasteiger partial charge in [-0.3, -0.25) is 9.88 Å². The first-order valence-corrected chi connectivity index (χ1v) is 7.79. The van der Waals surface area contributed by atoms with Crippen LogP contribution in [0.2, 0.25) is 0 Å². The van der Waals surface area contributed by atoms with Gasteiger partial charge in [0, 0.05) is 30.7 Å². The molecule has 3 nitrogen and oxygen atoms in total. The van der Waals surface area contributed by atoms with Crippen molar-refractivity contribution in [2.24, 2.45) is 0 Å². The maximum absolute atomic E-state index is 12.6. The van der Waals surface area contributed by atoms with E-state index in [9.17, 15) is 13.2 Å². The topological polar surface area (TPSA) is 25.4 Å².